The molecule has 3 aromatic rings. The molecular weight excluding hydrogens is 330 g/mol. The Morgan fingerprint density at radius 1 is 1.12 bits per heavy atom. The molecule has 0 bridgehead atoms. The van der Waals surface area contributed by atoms with Crippen molar-refractivity contribution in [3.05, 3.63) is 89.8 Å². The van der Waals surface area contributed by atoms with E-state index in [2.05, 4.69) is 12.6 Å². The highest BCUT2D eigenvalue weighted by Crippen LogP contribution is 2.17. The summed E-state index contributed by atoms with van der Waals surface area (Å²) in [7, 11) is 1.59. The number of nitrogens with zero attached hydrogens (tertiary/aromatic N) is 1. The Morgan fingerprint density at radius 2 is 1.96 bits per heavy atom. The number of carbonyl (C=O) groups is 1. The quantitative estimate of drug-likeness (QED) is 0.515. The van der Waals surface area contributed by atoms with Crippen molar-refractivity contribution < 1.29 is 9.53 Å². The molecule has 0 aliphatic rings. The van der Waals surface area contributed by atoms with Gasteiger partial charge in [0.05, 0.1) is 12.8 Å². The largest absolute Gasteiger partial charge is 0.497 e. The summed E-state index contributed by atoms with van der Waals surface area (Å²) in [6, 6.07) is 18.9. The minimum absolute atomic E-state index is 0.0188. The highest BCUT2D eigenvalue weighted by molar-refractivity contribution is 7.80. The van der Waals surface area contributed by atoms with Gasteiger partial charge in [0.2, 0.25) is 5.78 Å². The van der Waals surface area contributed by atoms with Gasteiger partial charge in [0.25, 0.3) is 0 Å². The molecule has 2 aromatic carbocycles. The van der Waals surface area contributed by atoms with Gasteiger partial charge < -0.3 is 9.30 Å². The van der Waals surface area contributed by atoms with Crippen LogP contribution in [0, 0.1) is 0 Å². The first-order chi connectivity index (χ1) is 12.2. The van der Waals surface area contributed by atoms with Crippen LogP contribution in [0.5, 0.6) is 5.75 Å². The number of benzene rings is 2. The van der Waals surface area contributed by atoms with E-state index >= 15 is 0 Å². The van der Waals surface area contributed by atoms with Gasteiger partial charge in [0, 0.05) is 23.2 Å². The van der Waals surface area contributed by atoms with Crippen LogP contribution < -0.4 is 4.74 Å². The van der Waals surface area contributed by atoms with Crippen molar-refractivity contribution in [1.82, 2.24) is 4.57 Å². The Bertz CT molecular complexity index is 912. The average Bonchev–Trinajstić information content (AvgIpc) is 3.09. The highest BCUT2D eigenvalue weighted by Gasteiger charge is 2.13. The lowest BCUT2D eigenvalue weighted by Crippen LogP contribution is -2.09. The predicted octanol–water partition coefficient (Wildman–Crippen LogP) is 4.73. The van der Waals surface area contributed by atoms with E-state index in [1.807, 2.05) is 71.4 Å². The molecule has 3 nitrogen and oxygen atoms in total. The maximum Gasteiger partial charge on any atom is 0.209 e. The van der Waals surface area contributed by atoms with Crippen molar-refractivity contribution in [1.29, 1.82) is 0 Å². The van der Waals surface area contributed by atoms with Crippen LogP contribution in [0.4, 0.5) is 0 Å². The van der Waals surface area contributed by atoms with E-state index in [1.54, 1.807) is 19.2 Å². The molecule has 0 atom stereocenters. The Morgan fingerprint density at radius 3 is 2.76 bits per heavy atom. The summed E-state index contributed by atoms with van der Waals surface area (Å²) in [5.74, 6) is 0.658. The number of ketones is 1. The summed E-state index contributed by atoms with van der Waals surface area (Å²) in [6.45, 7) is 0.620. The second-order valence-electron chi connectivity index (χ2n) is 5.60. The summed E-state index contributed by atoms with van der Waals surface area (Å²) >= 11 is 4.34. The van der Waals surface area contributed by atoms with Crippen LogP contribution in [-0.2, 0) is 6.54 Å². The molecule has 0 aliphatic heterocycles. The molecule has 0 spiro atoms. The molecule has 1 aromatic heterocycles. The van der Waals surface area contributed by atoms with E-state index in [9.17, 15) is 4.79 Å². The standard InChI is InChI=1S/C21H19NO2S/c1-24-18-9-3-8-17(15-18)21(23)20-11-5-13-22(20)12-4-7-16-6-2-10-19(25)14-16/h2-11,13-15,25H,12H2,1H3/b7-4+. The first-order valence-electron chi connectivity index (χ1n) is 7.97. The minimum Gasteiger partial charge on any atom is -0.497 e. The fourth-order valence-corrected chi connectivity index (χ4v) is 2.86. The molecule has 0 saturated carbocycles. The van der Waals surface area contributed by atoms with Gasteiger partial charge in [-0.1, -0.05) is 36.4 Å². The van der Waals surface area contributed by atoms with Gasteiger partial charge in [-0.3, -0.25) is 4.79 Å². The van der Waals surface area contributed by atoms with Crippen LogP contribution >= 0.6 is 12.6 Å². The van der Waals surface area contributed by atoms with Crippen molar-refractivity contribution >= 4 is 24.5 Å². The summed E-state index contributed by atoms with van der Waals surface area (Å²) < 4.78 is 7.13. The number of carbonyl (C=O) groups excluding carboxylic acids is 1. The number of thiol groups is 1. The monoisotopic (exact) mass is 349 g/mol. The molecular formula is C21H19NO2S. The zero-order valence-electron chi connectivity index (χ0n) is 13.9. The van der Waals surface area contributed by atoms with Gasteiger partial charge in [0.15, 0.2) is 0 Å². The zero-order chi connectivity index (χ0) is 17.6. The van der Waals surface area contributed by atoms with Gasteiger partial charge in [-0.15, -0.1) is 12.6 Å². The van der Waals surface area contributed by atoms with E-state index in [0.717, 1.165) is 10.5 Å². The molecule has 0 unspecified atom stereocenters. The molecule has 1 heterocycles. The fourth-order valence-electron chi connectivity index (χ4n) is 2.62. The first-order valence-corrected chi connectivity index (χ1v) is 8.41. The van der Waals surface area contributed by atoms with Crippen LogP contribution in [0.1, 0.15) is 21.6 Å². The molecule has 0 amide bonds. The molecule has 25 heavy (non-hydrogen) atoms. The number of hydrogen-bond donors (Lipinski definition) is 1. The summed E-state index contributed by atoms with van der Waals surface area (Å²) in [4.78, 5) is 13.7. The van der Waals surface area contributed by atoms with E-state index in [1.165, 1.54) is 0 Å². The van der Waals surface area contributed by atoms with Crippen LogP contribution in [0.3, 0.4) is 0 Å². The molecule has 3 rings (SSSR count). The van der Waals surface area contributed by atoms with E-state index in [4.69, 9.17) is 4.74 Å². The summed E-state index contributed by atoms with van der Waals surface area (Å²) in [5.41, 5.74) is 2.35. The molecule has 0 radical (unpaired) electrons. The number of methoxy groups -OCH3 is 1. The number of aromatic nitrogens is 1. The van der Waals surface area contributed by atoms with Gasteiger partial charge in [-0.05, 0) is 42.0 Å². The highest BCUT2D eigenvalue weighted by atomic mass is 32.1. The van der Waals surface area contributed by atoms with Crippen LogP contribution in [0.25, 0.3) is 6.08 Å². The Balaban J connectivity index is 1.77. The normalized spacial score (nSPS) is 11.0. The summed E-state index contributed by atoms with van der Waals surface area (Å²) in [5, 5.41) is 0. The lowest BCUT2D eigenvalue weighted by atomic mass is 10.1. The molecule has 0 aliphatic carbocycles. The van der Waals surface area contributed by atoms with Crippen molar-refractivity contribution in [2.24, 2.45) is 0 Å². The van der Waals surface area contributed by atoms with Gasteiger partial charge >= 0.3 is 0 Å². The SMILES string of the molecule is COc1cccc(C(=O)c2cccn2C/C=C/c2cccc(S)c2)c1. The van der Waals surface area contributed by atoms with Crippen LogP contribution in [0.2, 0.25) is 0 Å². The van der Waals surface area contributed by atoms with Crippen molar-refractivity contribution in [2.75, 3.05) is 7.11 Å². The molecule has 0 N–H and O–H groups in total. The molecule has 126 valence electrons. The van der Waals surface area contributed by atoms with Crippen molar-refractivity contribution in [3.63, 3.8) is 0 Å². The van der Waals surface area contributed by atoms with Gasteiger partial charge in [0.1, 0.15) is 5.75 Å². The number of ether oxygens (including phenoxy) is 1. The summed E-state index contributed by atoms with van der Waals surface area (Å²) in [6.07, 6.45) is 5.97. The zero-order valence-corrected chi connectivity index (χ0v) is 14.8. The first kappa shape index (κ1) is 17.1. The van der Waals surface area contributed by atoms with E-state index < -0.39 is 0 Å². The van der Waals surface area contributed by atoms with Gasteiger partial charge in [-0.25, -0.2) is 0 Å². The molecule has 0 saturated heterocycles. The predicted molar refractivity (Wildman–Crippen MR) is 104 cm³/mol. The van der Waals surface area contributed by atoms with Crippen molar-refractivity contribution in [3.8, 4) is 5.75 Å². The average molecular weight is 349 g/mol. The lowest BCUT2D eigenvalue weighted by Gasteiger charge is -2.07. The van der Waals surface area contributed by atoms with Gasteiger partial charge in [-0.2, -0.15) is 0 Å². The topological polar surface area (TPSA) is 31.2 Å². The fraction of sp³-hybridized carbons (Fsp3) is 0.0952. The van der Waals surface area contributed by atoms with E-state index in [-0.39, 0.29) is 5.78 Å². The van der Waals surface area contributed by atoms with E-state index in [0.29, 0.717) is 23.6 Å². The Kier molecular flexibility index (Phi) is 5.41. The number of hydrogen-bond acceptors (Lipinski definition) is 3. The maximum absolute atomic E-state index is 12.8. The van der Waals surface area contributed by atoms with Crippen LogP contribution in [-0.4, -0.2) is 17.5 Å². The second-order valence-corrected chi connectivity index (χ2v) is 6.12. The lowest BCUT2D eigenvalue weighted by molar-refractivity contribution is 0.103. The van der Waals surface area contributed by atoms with Crippen molar-refractivity contribution in [2.45, 2.75) is 11.4 Å². The number of allylic oxidation sites excluding steroid dienone is 1. The maximum atomic E-state index is 12.8. The Labute approximate surface area is 153 Å². The molecule has 0 fully saturated rings. The third-order valence-corrected chi connectivity index (χ3v) is 4.15. The second kappa shape index (κ2) is 7.90. The number of rotatable bonds is 6. The third-order valence-electron chi connectivity index (χ3n) is 3.88. The smallest absolute Gasteiger partial charge is 0.209 e. The van der Waals surface area contributed by atoms with Crippen LogP contribution in [0.15, 0.2) is 77.8 Å². The molecule has 4 heteroatoms. The Hall–Kier alpha value is -2.72. The third kappa shape index (κ3) is 4.22. The minimum atomic E-state index is -0.0188.